The van der Waals surface area contributed by atoms with E-state index in [0.29, 0.717) is 12.1 Å². The van der Waals surface area contributed by atoms with Gasteiger partial charge in [0.05, 0.1) is 12.1 Å². The minimum Gasteiger partial charge on any atom is -0.293 e. The molecule has 1 aliphatic heterocycles. The minimum atomic E-state index is -4.38. The number of alkyl halides is 3. The Balaban J connectivity index is 1.66. The Labute approximate surface area is 132 Å². The topological polar surface area (TPSA) is 20.3 Å². The lowest BCUT2D eigenvalue weighted by molar-refractivity contribution is -0.137. The molecule has 1 heterocycles. The normalized spacial score (nSPS) is 15.3. The van der Waals surface area contributed by atoms with Crippen LogP contribution in [-0.4, -0.2) is 23.8 Å². The van der Waals surface area contributed by atoms with Gasteiger partial charge in [-0.25, -0.2) is 0 Å². The first-order valence-corrected chi connectivity index (χ1v) is 7.43. The molecule has 0 aromatic heterocycles. The summed E-state index contributed by atoms with van der Waals surface area (Å²) in [6, 6.07) is 12.5. The molecule has 0 unspecified atom stereocenters. The molecule has 120 valence electrons. The first-order valence-electron chi connectivity index (χ1n) is 7.43. The van der Waals surface area contributed by atoms with Crippen LogP contribution in [0.15, 0.2) is 48.5 Å². The SMILES string of the molecule is O=C(CN1CCc2ccccc2C1)c1ccc(C(F)(F)F)cc1. The molecule has 1 aliphatic rings. The largest absolute Gasteiger partial charge is 0.416 e. The fraction of sp³-hybridized carbons (Fsp3) is 0.278. The molecule has 0 amide bonds. The van der Waals surface area contributed by atoms with Crippen molar-refractivity contribution in [3.05, 3.63) is 70.8 Å². The quantitative estimate of drug-likeness (QED) is 0.799. The third-order valence-corrected chi connectivity index (χ3v) is 4.11. The highest BCUT2D eigenvalue weighted by Crippen LogP contribution is 2.29. The summed E-state index contributed by atoms with van der Waals surface area (Å²) in [5.74, 6) is -0.155. The van der Waals surface area contributed by atoms with Crippen molar-refractivity contribution in [2.75, 3.05) is 13.1 Å². The Morgan fingerprint density at radius 2 is 1.65 bits per heavy atom. The molecule has 0 saturated heterocycles. The van der Waals surface area contributed by atoms with E-state index >= 15 is 0 Å². The highest BCUT2D eigenvalue weighted by Gasteiger charge is 2.30. The zero-order chi connectivity index (χ0) is 16.4. The molecule has 3 rings (SSSR count). The molecule has 5 heteroatoms. The maximum Gasteiger partial charge on any atom is 0.416 e. The lowest BCUT2D eigenvalue weighted by atomic mass is 9.99. The summed E-state index contributed by atoms with van der Waals surface area (Å²) in [5.41, 5.74) is 2.09. The molecule has 0 aliphatic carbocycles. The van der Waals surface area contributed by atoms with E-state index in [4.69, 9.17) is 0 Å². The van der Waals surface area contributed by atoms with Crippen molar-refractivity contribution < 1.29 is 18.0 Å². The lowest BCUT2D eigenvalue weighted by Crippen LogP contribution is -2.34. The fourth-order valence-corrected chi connectivity index (χ4v) is 2.83. The molecule has 2 aromatic rings. The van der Waals surface area contributed by atoms with Crippen LogP contribution in [0.25, 0.3) is 0 Å². The zero-order valence-corrected chi connectivity index (χ0v) is 12.4. The molecular formula is C18H16F3NO. The number of Topliss-reactive ketones (excluding diaryl/α,β-unsaturated/α-hetero) is 1. The first-order chi connectivity index (χ1) is 10.9. The van der Waals surface area contributed by atoms with Gasteiger partial charge in [0.1, 0.15) is 0 Å². The van der Waals surface area contributed by atoms with Crippen LogP contribution in [0, 0.1) is 0 Å². The number of carbonyl (C=O) groups is 1. The third kappa shape index (κ3) is 3.62. The lowest BCUT2D eigenvalue weighted by Gasteiger charge is -2.28. The van der Waals surface area contributed by atoms with Crippen molar-refractivity contribution in [1.82, 2.24) is 4.90 Å². The summed E-state index contributed by atoms with van der Waals surface area (Å²) < 4.78 is 37.6. The second-order valence-corrected chi connectivity index (χ2v) is 5.73. The number of hydrogen-bond acceptors (Lipinski definition) is 2. The van der Waals surface area contributed by atoms with Crippen LogP contribution < -0.4 is 0 Å². The molecule has 0 atom stereocenters. The van der Waals surface area contributed by atoms with Gasteiger partial charge < -0.3 is 0 Å². The molecule has 0 N–H and O–H groups in total. The summed E-state index contributed by atoms with van der Waals surface area (Å²) in [5, 5.41) is 0. The molecule has 0 radical (unpaired) electrons. The third-order valence-electron chi connectivity index (χ3n) is 4.11. The van der Waals surface area contributed by atoms with Crippen molar-refractivity contribution >= 4 is 5.78 Å². The van der Waals surface area contributed by atoms with Crippen LogP contribution in [0.1, 0.15) is 27.0 Å². The number of ketones is 1. The number of fused-ring (bicyclic) bond motifs is 1. The Hall–Kier alpha value is -2.14. The van der Waals surface area contributed by atoms with Gasteiger partial charge in [-0.3, -0.25) is 9.69 Å². The molecule has 0 spiro atoms. The van der Waals surface area contributed by atoms with Crippen LogP contribution >= 0.6 is 0 Å². The number of carbonyl (C=O) groups excluding carboxylic acids is 1. The standard InChI is InChI=1S/C18H16F3NO/c19-18(20,21)16-7-5-14(6-8-16)17(23)12-22-10-9-13-3-1-2-4-15(13)11-22/h1-8H,9-12H2. The number of halogens is 3. The van der Waals surface area contributed by atoms with Crippen molar-refractivity contribution in [2.45, 2.75) is 19.1 Å². The molecule has 2 nitrogen and oxygen atoms in total. The summed E-state index contributed by atoms with van der Waals surface area (Å²) in [4.78, 5) is 14.3. The van der Waals surface area contributed by atoms with Crippen molar-refractivity contribution in [2.24, 2.45) is 0 Å². The van der Waals surface area contributed by atoms with Crippen LogP contribution in [0.2, 0.25) is 0 Å². The van der Waals surface area contributed by atoms with Gasteiger partial charge in [0.15, 0.2) is 5.78 Å². The molecule has 0 bridgehead atoms. The van der Waals surface area contributed by atoms with E-state index in [1.54, 1.807) is 0 Å². The number of benzene rings is 2. The van der Waals surface area contributed by atoms with Crippen LogP contribution in [0.4, 0.5) is 13.2 Å². The van der Waals surface area contributed by atoms with E-state index in [0.717, 1.165) is 25.1 Å². The second-order valence-electron chi connectivity index (χ2n) is 5.73. The van der Waals surface area contributed by atoms with E-state index in [1.165, 1.54) is 23.3 Å². The fourth-order valence-electron chi connectivity index (χ4n) is 2.83. The first kappa shape index (κ1) is 15.7. The average molecular weight is 319 g/mol. The van der Waals surface area contributed by atoms with E-state index < -0.39 is 11.7 Å². The average Bonchev–Trinajstić information content (AvgIpc) is 2.54. The van der Waals surface area contributed by atoms with Gasteiger partial charge in [0.2, 0.25) is 0 Å². The summed E-state index contributed by atoms with van der Waals surface area (Å²) in [6.45, 7) is 1.70. The number of rotatable bonds is 3. The minimum absolute atomic E-state index is 0.155. The zero-order valence-electron chi connectivity index (χ0n) is 12.4. The van der Waals surface area contributed by atoms with E-state index in [9.17, 15) is 18.0 Å². The van der Waals surface area contributed by atoms with E-state index in [2.05, 4.69) is 6.07 Å². The van der Waals surface area contributed by atoms with Crippen molar-refractivity contribution in [1.29, 1.82) is 0 Å². The summed E-state index contributed by atoms with van der Waals surface area (Å²) >= 11 is 0. The Morgan fingerprint density at radius 1 is 1.00 bits per heavy atom. The molecule has 0 fully saturated rings. The van der Waals surface area contributed by atoms with Gasteiger partial charge in [-0.15, -0.1) is 0 Å². The monoisotopic (exact) mass is 319 g/mol. The predicted octanol–water partition coefficient (Wildman–Crippen LogP) is 3.95. The highest BCUT2D eigenvalue weighted by molar-refractivity contribution is 5.97. The predicted molar refractivity (Wildman–Crippen MR) is 81.2 cm³/mol. The number of hydrogen-bond donors (Lipinski definition) is 0. The maximum atomic E-state index is 12.5. The Bertz CT molecular complexity index is 707. The molecule has 2 aromatic carbocycles. The summed E-state index contributed by atoms with van der Waals surface area (Å²) in [6.07, 6.45) is -3.49. The molecular weight excluding hydrogens is 303 g/mol. The second kappa shape index (κ2) is 6.16. The number of nitrogens with zero attached hydrogens (tertiary/aromatic N) is 1. The Morgan fingerprint density at radius 3 is 2.30 bits per heavy atom. The smallest absolute Gasteiger partial charge is 0.293 e. The van der Waals surface area contributed by atoms with Crippen molar-refractivity contribution in [3.63, 3.8) is 0 Å². The summed E-state index contributed by atoms with van der Waals surface area (Å²) in [7, 11) is 0. The van der Waals surface area contributed by atoms with Crippen LogP contribution in [0.3, 0.4) is 0 Å². The van der Waals surface area contributed by atoms with E-state index in [1.807, 2.05) is 23.1 Å². The van der Waals surface area contributed by atoms with Crippen LogP contribution in [-0.2, 0) is 19.1 Å². The molecule has 23 heavy (non-hydrogen) atoms. The van der Waals surface area contributed by atoms with Gasteiger partial charge >= 0.3 is 6.18 Å². The van der Waals surface area contributed by atoms with Gasteiger partial charge in [0, 0.05) is 18.7 Å². The maximum absolute atomic E-state index is 12.5. The van der Waals surface area contributed by atoms with Crippen LogP contribution in [0.5, 0.6) is 0 Å². The molecule has 0 saturated carbocycles. The van der Waals surface area contributed by atoms with Gasteiger partial charge in [-0.1, -0.05) is 36.4 Å². The van der Waals surface area contributed by atoms with Gasteiger partial charge in [0.25, 0.3) is 0 Å². The van der Waals surface area contributed by atoms with Gasteiger partial charge in [-0.2, -0.15) is 13.2 Å². The van der Waals surface area contributed by atoms with E-state index in [-0.39, 0.29) is 12.3 Å². The Kier molecular flexibility index (Phi) is 4.22. The van der Waals surface area contributed by atoms with Crippen molar-refractivity contribution in [3.8, 4) is 0 Å². The highest BCUT2D eigenvalue weighted by atomic mass is 19.4. The van der Waals surface area contributed by atoms with Gasteiger partial charge in [-0.05, 0) is 29.7 Å².